The number of rotatable bonds is 6. The number of benzene rings is 1. The van der Waals surface area contributed by atoms with Gasteiger partial charge in [0.15, 0.2) is 11.5 Å². The zero-order chi connectivity index (χ0) is 19.5. The third kappa shape index (κ3) is 3.78. The number of anilines is 1. The molecule has 0 saturated carbocycles. The maximum Gasteiger partial charge on any atom is 0.286 e. The predicted octanol–water partition coefficient (Wildman–Crippen LogP) is 2.22. The first-order valence-corrected chi connectivity index (χ1v) is 9.89. The van der Waals surface area contributed by atoms with Gasteiger partial charge in [-0.3, -0.25) is 9.59 Å². The molecule has 0 aliphatic carbocycles. The van der Waals surface area contributed by atoms with Crippen LogP contribution in [0.25, 0.3) is 0 Å². The molecule has 9 nitrogen and oxygen atoms in total. The molecule has 0 bridgehead atoms. The smallest absolute Gasteiger partial charge is 0.286 e. The Morgan fingerprint density at radius 2 is 2.18 bits per heavy atom. The minimum atomic E-state index is -0.354. The first-order chi connectivity index (χ1) is 13.7. The molecule has 1 N–H and O–H groups in total. The molecule has 1 saturated heterocycles. The highest BCUT2D eigenvalue weighted by Crippen LogP contribution is 2.35. The number of aromatic nitrogens is 2. The fourth-order valence-corrected chi connectivity index (χ4v) is 4.10. The summed E-state index contributed by atoms with van der Waals surface area (Å²) >= 11 is 1.20. The average molecular weight is 404 g/mol. The van der Waals surface area contributed by atoms with Crippen LogP contribution in [0, 0.1) is 0 Å². The highest BCUT2D eigenvalue weighted by atomic mass is 32.1. The molecule has 0 radical (unpaired) electrons. The Bertz CT molecular complexity index is 887. The summed E-state index contributed by atoms with van der Waals surface area (Å²) < 4.78 is 15.8. The van der Waals surface area contributed by atoms with E-state index in [9.17, 15) is 9.59 Å². The molecule has 148 valence electrons. The van der Waals surface area contributed by atoms with Crippen LogP contribution in [0.5, 0.6) is 11.5 Å². The third-order valence-corrected chi connectivity index (χ3v) is 5.58. The van der Waals surface area contributed by atoms with Crippen LogP contribution in [-0.4, -0.2) is 53.5 Å². The molecule has 0 spiro atoms. The Hall–Kier alpha value is -2.72. The van der Waals surface area contributed by atoms with Crippen molar-refractivity contribution in [3.8, 4) is 11.5 Å². The maximum atomic E-state index is 12.5. The number of hydrogen-bond acceptors (Lipinski definition) is 8. The van der Waals surface area contributed by atoms with E-state index < -0.39 is 0 Å². The van der Waals surface area contributed by atoms with Crippen LogP contribution in [-0.2, 0) is 9.53 Å². The van der Waals surface area contributed by atoms with Crippen molar-refractivity contribution in [1.29, 1.82) is 0 Å². The Labute approximate surface area is 165 Å². The third-order valence-electron chi connectivity index (χ3n) is 4.55. The minimum Gasteiger partial charge on any atom is -0.454 e. The fraction of sp³-hybridized carbons (Fsp3) is 0.444. The normalized spacial score (nSPS) is 17.8. The van der Waals surface area contributed by atoms with Crippen molar-refractivity contribution < 1.29 is 23.8 Å². The second-order valence-electron chi connectivity index (χ2n) is 6.35. The first kappa shape index (κ1) is 18.6. The van der Waals surface area contributed by atoms with E-state index in [1.807, 2.05) is 6.92 Å². The minimum absolute atomic E-state index is 0.0588. The number of fused-ring (bicyclic) bond motifs is 1. The van der Waals surface area contributed by atoms with Crippen LogP contribution in [0.15, 0.2) is 18.2 Å². The molecule has 1 fully saturated rings. The molecule has 1 aromatic carbocycles. The molecule has 2 aromatic rings. The number of ether oxygens (including phenoxy) is 3. The van der Waals surface area contributed by atoms with E-state index in [1.165, 1.54) is 11.3 Å². The van der Waals surface area contributed by atoms with Gasteiger partial charge in [-0.15, -0.1) is 10.2 Å². The number of carbonyl (C=O) groups is 2. The van der Waals surface area contributed by atoms with Crippen molar-refractivity contribution in [1.82, 2.24) is 15.1 Å². The molecular formula is C18H20N4O5S. The second-order valence-corrected chi connectivity index (χ2v) is 7.36. The van der Waals surface area contributed by atoms with Crippen LogP contribution in [0.4, 0.5) is 5.69 Å². The van der Waals surface area contributed by atoms with Gasteiger partial charge in [0.2, 0.25) is 17.7 Å². The molecule has 1 unspecified atom stereocenters. The lowest BCUT2D eigenvalue weighted by Crippen LogP contribution is -2.33. The van der Waals surface area contributed by atoms with Gasteiger partial charge >= 0.3 is 0 Å². The Balaban J connectivity index is 1.43. The van der Waals surface area contributed by atoms with Crippen molar-refractivity contribution >= 4 is 28.8 Å². The first-order valence-electron chi connectivity index (χ1n) is 9.07. The van der Waals surface area contributed by atoms with E-state index >= 15 is 0 Å². The molecule has 1 aromatic heterocycles. The number of hydrogen-bond donors (Lipinski definition) is 1. The molecule has 4 rings (SSSR count). The Morgan fingerprint density at radius 1 is 1.32 bits per heavy atom. The lowest BCUT2D eigenvalue weighted by atomic mass is 10.2. The van der Waals surface area contributed by atoms with Crippen LogP contribution in [0.1, 0.15) is 40.6 Å². The number of nitrogens with one attached hydrogen (secondary N) is 1. The van der Waals surface area contributed by atoms with Crippen LogP contribution in [0.3, 0.4) is 0 Å². The average Bonchev–Trinajstić information content (AvgIpc) is 3.45. The maximum absolute atomic E-state index is 12.5. The number of amides is 2. The predicted molar refractivity (Wildman–Crippen MR) is 101 cm³/mol. The quantitative estimate of drug-likeness (QED) is 0.787. The van der Waals surface area contributed by atoms with Gasteiger partial charge in [0, 0.05) is 24.9 Å². The van der Waals surface area contributed by atoms with Gasteiger partial charge in [0.05, 0.1) is 6.04 Å². The van der Waals surface area contributed by atoms with E-state index in [1.54, 1.807) is 23.1 Å². The number of likely N-dealkylation sites (tertiary alicyclic amines) is 1. The lowest BCUT2D eigenvalue weighted by molar-refractivity contribution is -0.136. The van der Waals surface area contributed by atoms with E-state index in [0.717, 1.165) is 12.8 Å². The molecule has 1 atom stereocenters. The van der Waals surface area contributed by atoms with E-state index in [-0.39, 0.29) is 36.3 Å². The molecule has 3 heterocycles. The topological polar surface area (TPSA) is 103 Å². The molecule has 2 aliphatic heterocycles. The van der Waals surface area contributed by atoms with Gasteiger partial charge in [-0.1, -0.05) is 11.3 Å². The van der Waals surface area contributed by atoms with E-state index in [0.29, 0.717) is 35.3 Å². The second kappa shape index (κ2) is 8.11. The standard InChI is InChI=1S/C18H20N4O5S/c1-2-25-9-15(23)22-7-3-4-12(22)17-20-21-18(28-17)16(24)19-11-5-6-13-14(8-11)27-10-26-13/h5-6,8,12H,2-4,7,9-10H2,1H3,(H,19,24). The lowest BCUT2D eigenvalue weighted by Gasteiger charge is -2.22. The monoisotopic (exact) mass is 404 g/mol. The van der Waals surface area contributed by atoms with E-state index in [2.05, 4.69) is 15.5 Å². The molecule has 10 heteroatoms. The molecule has 28 heavy (non-hydrogen) atoms. The summed E-state index contributed by atoms with van der Waals surface area (Å²) in [6.45, 7) is 3.24. The Morgan fingerprint density at radius 3 is 3.04 bits per heavy atom. The summed E-state index contributed by atoms with van der Waals surface area (Å²) in [4.78, 5) is 26.6. The summed E-state index contributed by atoms with van der Waals surface area (Å²) in [7, 11) is 0. The van der Waals surface area contributed by atoms with Gasteiger partial charge in [-0.25, -0.2) is 0 Å². The number of nitrogens with zero attached hydrogens (tertiary/aromatic N) is 3. The summed E-state index contributed by atoms with van der Waals surface area (Å²) in [6.07, 6.45) is 1.69. The molecular weight excluding hydrogens is 384 g/mol. The van der Waals surface area contributed by atoms with Gasteiger partial charge in [-0.2, -0.15) is 0 Å². The van der Waals surface area contributed by atoms with Gasteiger partial charge in [0.1, 0.15) is 11.6 Å². The highest BCUT2D eigenvalue weighted by Gasteiger charge is 2.33. The number of carbonyl (C=O) groups excluding carboxylic acids is 2. The van der Waals surface area contributed by atoms with Gasteiger partial charge in [0.25, 0.3) is 5.91 Å². The van der Waals surface area contributed by atoms with Gasteiger partial charge < -0.3 is 24.4 Å². The van der Waals surface area contributed by atoms with Crippen molar-refractivity contribution in [2.24, 2.45) is 0 Å². The van der Waals surface area contributed by atoms with Crippen molar-refractivity contribution in [3.05, 3.63) is 28.2 Å². The van der Waals surface area contributed by atoms with Crippen LogP contribution >= 0.6 is 11.3 Å². The summed E-state index contributed by atoms with van der Waals surface area (Å²) in [5.41, 5.74) is 0.584. The Kier molecular flexibility index (Phi) is 5.40. The zero-order valence-electron chi connectivity index (χ0n) is 15.3. The van der Waals surface area contributed by atoms with Crippen LogP contribution < -0.4 is 14.8 Å². The molecule has 2 amide bonds. The summed E-state index contributed by atoms with van der Waals surface area (Å²) in [6, 6.07) is 5.02. The fourth-order valence-electron chi connectivity index (χ4n) is 3.21. The van der Waals surface area contributed by atoms with Crippen LogP contribution in [0.2, 0.25) is 0 Å². The van der Waals surface area contributed by atoms with E-state index in [4.69, 9.17) is 14.2 Å². The summed E-state index contributed by atoms with van der Waals surface area (Å²) in [5, 5.41) is 11.9. The van der Waals surface area contributed by atoms with Crippen molar-refractivity contribution in [2.45, 2.75) is 25.8 Å². The largest absolute Gasteiger partial charge is 0.454 e. The van der Waals surface area contributed by atoms with Crippen molar-refractivity contribution in [3.63, 3.8) is 0 Å². The highest BCUT2D eigenvalue weighted by molar-refractivity contribution is 7.13. The SMILES string of the molecule is CCOCC(=O)N1CCCC1c1nnc(C(=O)Nc2ccc3c(c2)OCO3)s1. The van der Waals surface area contributed by atoms with Crippen molar-refractivity contribution in [2.75, 3.05) is 31.9 Å². The molecule has 2 aliphatic rings. The summed E-state index contributed by atoms with van der Waals surface area (Å²) in [5.74, 6) is 0.818. The zero-order valence-corrected chi connectivity index (χ0v) is 16.2. The van der Waals surface area contributed by atoms with Gasteiger partial charge in [-0.05, 0) is 31.9 Å².